The molecule has 0 aliphatic carbocycles. The maximum Gasteiger partial charge on any atom is 0.328 e. The number of carboxylic acid groups (broad SMARTS) is 1. The smallest absolute Gasteiger partial charge is 0.328 e. The Kier molecular flexibility index (Phi) is 5.64. The van der Waals surface area contributed by atoms with Crippen molar-refractivity contribution in [1.82, 2.24) is 0 Å². The highest BCUT2D eigenvalue weighted by Crippen LogP contribution is 2.26. The summed E-state index contributed by atoms with van der Waals surface area (Å²) >= 11 is 6.17. The number of carboxylic acids is 1. The van der Waals surface area contributed by atoms with Crippen molar-refractivity contribution < 1.29 is 9.90 Å². The first-order chi connectivity index (χ1) is 8.95. The lowest BCUT2D eigenvalue weighted by Crippen LogP contribution is -2.30. The average molecular weight is 280 g/mol. The van der Waals surface area contributed by atoms with Crippen molar-refractivity contribution in [2.45, 2.75) is 19.9 Å². The Bertz CT molecular complexity index is 495. The molecule has 19 heavy (non-hydrogen) atoms. The number of benzene rings is 1. The third-order valence-electron chi connectivity index (χ3n) is 2.67. The van der Waals surface area contributed by atoms with Crippen LogP contribution in [0.5, 0.6) is 0 Å². The van der Waals surface area contributed by atoms with Crippen LogP contribution in [0.2, 0.25) is 5.02 Å². The lowest BCUT2D eigenvalue weighted by atomic mass is 10.1. The average Bonchev–Trinajstić information content (AvgIpc) is 2.33. The number of aliphatic carboxylic acids is 1. The summed E-state index contributed by atoms with van der Waals surface area (Å²) in [5, 5.41) is 9.13. The molecule has 1 aromatic carbocycles. The van der Waals surface area contributed by atoms with Crippen LogP contribution in [0.25, 0.3) is 6.08 Å². The lowest BCUT2D eigenvalue weighted by Gasteiger charge is -2.28. The molecular weight excluding hydrogens is 262 g/mol. The van der Waals surface area contributed by atoms with Crippen LogP contribution in [0.3, 0.4) is 0 Å². The quantitative estimate of drug-likeness (QED) is 0.635. The Balaban J connectivity index is 3.03. The molecule has 0 bridgehead atoms. The molecule has 0 fully saturated rings. The number of anilines is 1. The van der Waals surface area contributed by atoms with E-state index in [1.165, 1.54) is 6.08 Å². The molecule has 0 spiro atoms. The second-order valence-corrected chi connectivity index (χ2v) is 4.82. The van der Waals surface area contributed by atoms with E-state index in [2.05, 4.69) is 25.3 Å². The third kappa shape index (κ3) is 4.45. The van der Waals surface area contributed by atoms with Crippen molar-refractivity contribution in [3.8, 4) is 0 Å². The zero-order valence-electron chi connectivity index (χ0n) is 11.1. The first-order valence-corrected chi connectivity index (χ1v) is 6.41. The molecule has 0 saturated heterocycles. The summed E-state index contributed by atoms with van der Waals surface area (Å²) in [7, 11) is 0. The largest absolute Gasteiger partial charge is 0.478 e. The van der Waals surface area contributed by atoms with Crippen molar-refractivity contribution in [1.29, 1.82) is 0 Å². The van der Waals surface area contributed by atoms with E-state index in [-0.39, 0.29) is 0 Å². The van der Waals surface area contributed by atoms with Gasteiger partial charge in [-0.25, -0.2) is 4.79 Å². The third-order valence-corrected chi connectivity index (χ3v) is 3.00. The Morgan fingerprint density at radius 3 is 2.68 bits per heavy atom. The standard InChI is InChI=1S/C15H18ClNO2/c1-4-9-17(11(2)3)13-7-5-12(14(16)10-13)6-8-15(18)19/h4-8,10-11H,1,9H2,2-3H3,(H,18,19)/b8-6+. The van der Waals surface area contributed by atoms with Gasteiger partial charge in [0.1, 0.15) is 0 Å². The monoisotopic (exact) mass is 279 g/mol. The van der Waals surface area contributed by atoms with Crippen LogP contribution in [0.4, 0.5) is 5.69 Å². The molecule has 0 aliphatic rings. The molecule has 0 heterocycles. The second kappa shape index (κ2) is 7.00. The topological polar surface area (TPSA) is 40.5 Å². The van der Waals surface area contributed by atoms with E-state index < -0.39 is 5.97 Å². The van der Waals surface area contributed by atoms with Crippen LogP contribution in [-0.2, 0) is 4.79 Å². The zero-order valence-corrected chi connectivity index (χ0v) is 11.9. The molecule has 1 aromatic rings. The molecule has 0 aliphatic heterocycles. The number of nitrogens with zero attached hydrogens (tertiary/aromatic N) is 1. The van der Waals surface area contributed by atoms with E-state index in [4.69, 9.17) is 16.7 Å². The predicted octanol–water partition coefficient (Wildman–Crippen LogP) is 3.84. The van der Waals surface area contributed by atoms with Gasteiger partial charge in [-0.05, 0) is 37.6 Å². The fraction of sp³-hybridized carbons (Fsp3) is 0.267. The molecule has 0 saturated carbocycles. The van der Waals surface area contributed by atoms with Gasteiger partial charge in [-0.3, -0.25) is 0 Å². The fourth-order valence-corrected chi connectivity index (χ4v) is 1.98. The van der Waals surface area contributed by atoms with Crippen LogP contribution in [0.1, 0.15) is 19.4 Å². The van der Waals surface area contributed by atoms with Crippen molar-refractivity contribution in [2.24, 2.45) is 0 Å². The molecule has 0 aromatic heterocycles. The van der Waals surface area contributed by atoms with Gasteiger partial charge in [0.05, 0.1) is 0 Å². The van der Waals surface area contributed by atoms with Crippen molar-refractivity contribution >= 4 is 29.3 Å². The molecule has 0 amide bonds. The summed E-state index contributed by atoms with van der Waals surface area (Å²) < 4.78 is 0. The molecule has 0 radical (unpaired) electrons. The molecular formula is C15H18ClNO2. The van der Waals surface area contributed by atoms with E-state index in [1.54, 1.807) is 0 Å². The molecule has 102 valence electrons. The highest BCUT2D eigenvalue weighted by atomic mass is 35.5. The SMILES string of the molecule is C=CCN(c1ccc(/C=C/C(=O)O)c(Cl)c1)C(C)C. The molecule has 1 rings (SSSR count). The van der Waals surface area contributed by atoms with Gasteiger partial charge in [-0.2, -0.15) is 0 Å². The first-order valence-electron chi connectivity index (χ1n) is 6.03. The Hall–Kier alpha value is -1.74. The van der Waals surface area contributed by atoms with Gasteiger partial charge in [0.2, 0.25) is 0 Å². The first kappa shape index (κ1) is 15.3. The predicted molar refractivity (Wildman–Crippen MR) is 80.8 cm³/mol. The van der Waals surface area contributed by atoms with Gasteiger partial charge in [0.25, 0.3) is 0 Å². The molecule has 1 N–H and O–H groups in total. The molecule has 0 atom stereocenters. The van der Waals surface area contributed by atoms with Crippen molar-refractivity contribution in [2.75, 3.05) is 11.4 Å². The Labute approximate surface area is 118 Å². The number of rotatable bonds is 6. The number of hydrogen-bond donors (Lipinski definition) is 1. The van der Waals surface area contributed by atoms with Crippen LogP contribution in [0, 0.1) is 0 Å². The van der Waals surface area contributed by atoms with E-state index in [9.17, 15) is 4.79 Å². The van der Waals surface area contributed by atoms with Crippen LogP contribution in [-0.4, -0.2) is 23.7 Å². The highest BCUT2D eigenvalue weighted by molar-refractivity contribution is 6.32. The van der Waals surface area contributed by atoms with E-state index in [1.807, 2.05) is 24.3 Å². The van der Waals surface area contributed by atoms with E-state index in [0.717, 1.165) is 18.3 Å². The van der Waals surface area contributed by atoms with Gasteiger partial charge < -0.3 is 10.0 Å². The molecule has 3 nitrogen and oxygen atoms in total. The Morgan fingerprint density at radius 2 is 2.21 bits per heavy atom. The van der Waals surface area contributed by atoms with Gasteiger partial charge in [0, 0.05) is 29.4 Å². The van der Waals surface area contributed by atoms with Gasteiger partial charge in [-0.15, -0.1) is 6.58 Å². The summed E-state index contributed by atoms with van der Waals surface area (Å²) in [6.07, 6.45) is 4.40. The van der Waals surface area contributed by atoms with Gasteiger partial charge in [-0.1, -0.05) is 23.7 Å². The van der Waals surface area contributed by atoms with E-state index in [0.29, 0.717) is 16.6 Å². The fourth-order valence-electron chi connectivity index (χ4n) is 1.74. The minimum absolute atomic E-state index is 0.328. The normalized spacial score (nSPS) is 10.9. The maximum atomic E-state index is 10.5. The van der Waals surface area contributed by atoms with E-state index >= 15 is 0 Å². The summed E-state index contributed by atoms with van der Waals surface area (Å²) in [5.74, 6) is -0.990. The maximum absolute atomic E-state index is 10.5. The summed E-state index contributed by atoms with van der Waals surface area (Å²) in [4.78, 5) is 12.6. The summed E-state index contributed by atoms with van der Waals surface area (Å²) in [6, 6.07) is 5.91. The minimum Gasteiger partial charge on any atom is -0.478 e. The number of hydrogen-bond acceptors (Lipinski definition) is 2. The number of carbonyl (C=O) groups is 1. The minimum atomic E-state index is -0.990. The van der Waals surface area contributed by atoms with Crippen molar-refractivity contribution in [3.05, 3.63) is 47.5 Å². The molecule has 4 heteroatoms. The highest BCUT2D eigenvalue weighted by Gasteiger charge is 2.10. The summed E-state index contributed by atoms with van der Waals surface area (Å²) in [5.41, 5.74) is 1.68. The van der Waals surface area contributed by atoms with Gasteiger partial charge in [0.15, 0.2) is 0 Å². The Morgan fingerprint density at radius 1 is 1.53 bits per heavy atom. The number of halogens is 1. The summed E-state index contributed by atoms with van der Waals surface area (Å²) in [6.45, 7) is 8.67. The van der Waals surface area contributed by atoms with Crippen LogP contribution in [0.15, 0.2) is 36.9 Å². The van der Waals surface area contributed by atoms with Crippen LogP contribution >= 0.6 is 11.6 Å². The lowest BCUT2D eigenvalue weighted by molar-refractivity contribution is -0.131. The van der Waals surface area contributed by atoms with Crippen LogP contribution < -0.4 is 4.90 Å². The van der Waals surface area contributed by atoms with Gasteiger partial charge >= 0.3 is 5.97 Å². The second-order valence-electron chi connectivity index (χ2n) is 4.41. The van der Waals surface area contributed by atoms with Crippen molar-refractivity contribution in [3.63, 3.8) is 0 Å². The molecule has 0 unspecified atom stereocenters. The zero-order chi connectivity index (χ0) is 14.4.